The molecule has 1 N–H and O–H groups in total. The van der Waals surface area contributed by atoms with Crippen molar-refractivity contribution in [1.29, 1.82) is 0 Å². The molecule has 2 rings (SSSR count). The molecule has 3 heteroatoms. The van der Waals surface area contributed by atoms with E-state index in [1.165, 1.54) is 22.3 Å². The van der Waals surface area contributed by atoms with E-state index in [9.17, 15) is 4.79 Å². The molecule has 0 aliphatic heterocycles. The van der Waals surface area contributed by atoms with Crippen LogP contribution >= 0.6 is 0 Å². The molecule has 0 aliphatic rings. The van der Waals surface area contributed by atoms with Gasteiger partial charge in [0.25, 0.3) is 5.91 Å². The van der Waals surface area contributed by atoms with E-state index in [1.807, 2.05) is 39.0 Å². The number of carbonyl (C=O) groups excluding carboxylic acids is 1. The van der Waals surface area contributed by atoms with Crippen LogP contribution in [0.3, 0.4) is 0 Å². The Morgan fingerprint density at radius 1 is 0.923 bits per heavy atom. The normalized spacial score (nSPS) is 13.2. The summed E-state index contributed by atoms with van der Waals surface area (Å²) >= 11 is 0. The van der Waals surface area contributed by atoms with Crippen molar-refractivity contribution >= 4 is 5.91 Å². The van der Waals surface area contributed by atoms with Gasteiger partial charge in [-0.3, -0.25) is 4.79 Å². The molecule has 0 radical (unpaired) electrons. The molecule has 0 spiro atoms. The number of nitrogens with one attached hydrogen (secondary N) is 1. The average molecular weight is 354 g/mol. The summed E-state index contributed by atoms with van der Waals surface area (Å²) in [7, 11) is 0. The summed E-state index contributed by atoms with van der Waals surface area (Å²) in [4.78, 5) is 12.7. The van der Waals surface area contributed by atoms with Crippen molar-refractivity contribution in [2.45, 2.75) is 67.0 Å². The van der Waals surface area contributed by atoms with Gasteiger partial charge in [0, 0.05) is 0 Å². The fourth-order valence-electron chi connectivity index (χ4n) is 3.11. The first kappa shape index (κ1) is 20.0. The lowest BCUT2D eigenvalue weighted by atomic mass is 9.96. The fourth-order valence-corrected chi connectivity index (χ4v) is 3.11. The summed E-state index contributed by atoms with van der Waals surface area (Å²) in [5.74, 6) is 0.668. The summed E-state index contributed by atoms with van der Waals surface area (Å²) in [5.41, 5.74) is 7.25. The van der Waals surface area contributed by atoms with E-state index in [1.54, 1.807) is 0 Å². The van der Waals surface area contributed by atoms with Crippen molar-refractivity contribution in [1.82, 2.24) is 5.32 Å². The highest BCUT2D eigenvalue weighted by Gasteiger charge is 2.21. The highest BCUT2D eigenvalue weighted by Crippen LogP contribution is 2.23. The topological polar surface area (TPSA) is 38.3 Å². The lowest BCUT2D eigenvalue weighted by Crippen LogP contribution is -2.39. The number of benzene rings is 2. The second-order valence-electron chi connectivity index (χ2n) is 7.28. The Hall–Kier alpha value is -2.29. The Morgan fingerprint density at radius 2 is 1.54 bits per heavy atom. The van der Waals surface area contributed by atoms with Gasteiger partial charge in [0.15, 0.2) is 6.10 Å². The number of ether oxygens (including phenoxy) is 1. The van der Waals surface area contributed by atoms with E-state index in [0.717, 1.165) is 16.9 Å². The minimum atomic E-state index is -0.494. The molecular formula is C23H31NO2. The molecule has 0 heterocycles. The van der Waals surface area contributed by atoms with Crippen LogP contribution in [0, 0.1) is 34.6 Å². The minimum Gasteiger partial charge on any atom is -0.481 e. The summed E-state index contributed by atoms with van der Waals surface area (Å²) in [5, 5.41) is 3.12. The predicted octanol–water partition coefficient (Wildman–Crippen LogP) is 5.26. The number of rotatable bonds is 6. The highest BCUT2D eigenvalue weighted by molar-refractivity contribution is 5.81. The maximum atomic E-state index is 12.7. The third-order valence-electron chi connectivity index (χ3n) is 5.13. The molecule has 26 heavy (non-hydrogen) atoms. The summed E-state index contributed by atoms with van der Waals surface area (Å²) < 4.78 is 5.96. The van der Waals surface area contributed by atoms with E-state index in [0.29, 0.717) is 6.42 Å². The molecule has 2 aromatic carbocycles. The first-order valence-corrected chi connectivity index (χ1v) is 9.35. The number of hydrogen-bond donors (Lipinski definition) is 1. The molecule has 1 amide bonds. The van der Waals surface area contributed by atoms with Crippen LogP contribution in [0.2, 0.25) is 0 Å². The highest BCUT2D eigenvalue weighted by atomic mass is 16.5. The van der Waals surface area contributed by atoms with Crippen molar-refractivity contribution in [2.24, 2.45) is 0 Å². The maximum Gasteiger partial charge on any atom is 0.261 e. The van der Waals surface area contributed by atoms with Crippen molar-refractivity contribution in [3.05, 3.63) is 63.7 Å². The molecule has 0 aliphatic carbocycles. The average Bonchev–Trinajstić information content (AvgIpc) is 2.58. The molecule has 2 atom stereocenters. The number of carbonyl (C=O) groups is 1. The first-order chi connectivity index (χ1) is 12.2. The largest absolute Gasteiger partial charge is 0.481 e. The van der Waals surface area contributed by atoms with Crippen LogP contribution in [-0.2, 0) is 4.79 Å². The monoisotopic (exact) mass is 353 g/mol. The maximum absolute atomic E-state index is 12.7. The molecular weight excluding hydrogens is 322 g/mol. The molecule has 140 valence electrons. The number of hydrogen-bond acceptors (Lipinski definition) is 2. The van der Waals surface area contributed by atoms with E-state index >= 15 is 0 Å². The van der Waals surface area contributed by atoms with Crippen LogP contribution in [-0.4, -0.2) is 12.0 Å². The lowest BCUT2D eigenvalue weighted by Gasteiger charge is -2.22. The van der Waals surface area contributed by atoms with Crippen LogP contribution < -0.4 is 10.1 Å². The van der Waals surface area contributed by atoms with Crippen LogP contribution in [0.5, 0.6) is 5.75 Å². The van der Waals surface area contributed by atoms with Crippen molar-refractivity contribution < 1.29 is 9.53 Å². The zero-order valence-corrected chi connectivity index (χ0v) is 17.1. The third-order valence-corrected chi connectivity index (χ3v) is 5.13. The molecule has 0 bridgehead atoms. The van der Waals surface area contributed by atoms with Gasteiger partial charge >= 0.3 is 0 Å². The quantitative estimate of drug-likeness (QED) is 0.769. The van der Waals surface area contributed by atoms with Gasteiger partial charge in [0.1, 0.15) is 5.75 Å². The smallest absolute Gasteiger partial charge is 0.261 e. The second kappa shape index (κ2) is 8.39. The fraction of sp³-hybridized carbons (Fsp3) is 0.435. The number of amides is 1. The van der Waals surface area contributed by atoms with Gasteiger partial charge in [-0.05, 0) is 93.5 Å². The van der Waals surface area contributed by atoms with Gasteiger partial charge in [-0.15, -0.1) is 0 Å². The van der Waals surface area contributed by atoms with Gasteiger partial charge in [-0.25, -0.2) is 0 Å². The van der Waals surface area contributed by atoms with Crippen LogP contribution in [0.15, 0.2) is 30.3 Å². The Bertz CT molecular complexity index is 795. The SMILES string of the molecule is CC[C@@H](Oc1ccc(C)c(C)c1)C(=O)N[C@H](C)c1cc(C)c(C)cc1C. The Labute approximate surface area is 157 Å². The number of aryl methyl sites for hydroxylation is 5. The second-order valence-corrected chi connectivity index (χ2v) is 7.28. The summed E-state index contributed by atoms with van der Waals surface area (Å²) in [6, 6.07) is 10.2. The zero-order chi connectivity index (χ0) is 19.4. The zero-order valence-electron chi connectivity index (χ0n) is 17.1. The Kier molecular flexibility index (Phi) is 6.47. The molecule has 0 unspecified atom stereocenters. The van der Waals surface area contributed by atoms with Crippen LogP contribution in [0.25, 0.3) is 0 Å². The first-order valence-electron chi connectivity index (χ1n) is 9.35. The molecule has 2 aromatic rings. The standard InChI is InChI=1S/C23H31NO2/c1-8-22(26-20-10-9-14(2)16(4)12-20)23(25)24-19(7)21-13-17(5)15(3)11-18(21)6/h9-13,19,22H,8H2,1-7H3,(H,24,25)/t19-,22-/m1/s1. The minimum absolute atomic E-state index is 0.0563. The van der Waals surface area contributed by atoms with Crippen molar-refractivity contribution in [2.75, 3.05) is 0 Å². The Morgan fingerprint density at radius 3 is 2.15 bits per heavy atom. The molecule has 3 nitrogen and oxygen atoms in total. The van der Waals surface area contributed by atoms with Crippen molar-refractivity contribution in [3.63, 3.8) is 0 Å². The third kappa shape index (κ3) is 4.66. The molecule has 0 saturated heterocycles. The van der Waals surface area contributed by atoms with E-state index in [4.69, 9.17) is 4.74 Å². The van der Waals surface area contributed by atoms with E-state index < -0.39 is 6.10 Å². The van der Waals surface area contributed by atoms with Gasteiger partial charge in [-0.2, -0.15) is 0 Å². The molecule has 0 saturated carbocycles. The predicted molar refractivity (Wildman–Crippen MR) is 108 cm³/mol. The van der Waals surface area contributed by atoms with E-state index in [2.05, 4.69) is 45.1 Å². The van der Waals surface area contributed by atoms with E-state index in [-0.39, 0.29) is 11.9 Å². The molecule has 0 fully saturated rings. The lowest BCUT2D eigenvalue weighted by molar-refractivity contribution is -0.128. The summed E-state index contributed by atoms with van der Waals surface area (Å²) in [6.07, 6.45) is 0.128. The van der Waals surface area contributed by atoms with Gasteiger partial charge < -0.3 is 10.1 Å². The van der Waals surface area contributed by atoms with Gasteiger partial charge in [0.05, 0.1) is 6.04 Å². The molecule has 0 aromatic heterocycles. The van der Waals surface area contributed by atoms with Crippen LogP contribution in [0.4, 0.5) is 0 Å². The Balaban J connectivity index is 2.10. The summed E-state index contributed by atoms with van der Waals surface area (Å²) in [6.45, 7) is 14.4. The van der Waals surface area contributed by atoms with Crippen LogP contribution in [0.1, 0.15) is 59.7 Å². The van der Waals surface area contributed by atoms with Gasteiger partial charge in [-0.1, -0.05) is 25.1 Å². The van der Waals surface area contributed by atoms with Crippen molar-refractivity contribution in [3.8, 4) is 5.75 Å². The van der Waals surface area contributed by atoms with Gasteiger partial charge in [0.2, 0.25) is 0 Å².